The van der Waals surface area contributed by atoms with E-state index in [1.807, 2.05) is 30.3 Å². The molecular formula is C36H25BrN2O7. The molecule has 1 fully saturated rings. The summed E-state index contributed by atoms with van der Waals surface area (Å²) in [5.41, 5.74) is 4.29. The zero-order valence-corrected chi connectivity index (χ0v) is 26.0. The quantitative estimate of drug-likeness (QED) is 0.154. The Hall–Kier alpha value is -5.09. The summed E-state index contributed by atoms with van der Waals surface area (Å²) in [6, 6.07) is 19.2. The van der Waals surface area contributed by atoms with E-state index in [1.165, 1.54) is 24.2 Å². The second-order valence-electron chi connectivity index (χ2n) is 11.9. The number of hydrogen-bond acceptors (Lipinski definition) is 8. The predicted octanol–water partition coefficient (Wildman–Crippen LogP) is 6.18. The number of hydrogen-bond donors (Lipinski definition) is 1. The molecule has 0 saturated carbocycles. The molecule has 0 radical (unpaired) electrons. The van der Waals surface area contributed by atoms with Crippen molar-refractivity contribution >= 4 is 56.1 Å². The number of halogens is 1. The van der Waals surface area contributed by atoms with Crippen LogP contribution in [0.3, 0.4) is 0 Å². The molecule has 4 aromatic rings. The van der Waals surface area contributed by atoms with Gasteiger partial charge in [0.15, 0.2) is 17.1 Å². The van der Waals surface area contributed by atoms with Crippen molar-refractivity contribution in [3.05, 3.63) is 106 Å². The number of rotatable bonds is 4. The van der Waals surface area contributed by atoms with Gasteiger partial charge < -0.3 is 14.3 Å². The van der Waals surface area contributed by atoms with Crippen molar-refractivity contribution < 1.29 is 33.4 Å². The van der Waals surface area contributed by atoms with Gasteiger partial charge in [0, 0.05) is 40.3 Å². The zero-order valence-electron chi connectivity index (χ0n) is 24.4. The Kier molecular flexibility index (Phi) is 6.47. The Labute approximate surface area is 271 Å². The molecule has 1 saturated heterocycles. The van der Waals surface area contributed by atoms with Crippen molar-refractivity contribution in [1.29, 1.82) is 0 Å². The number of phenolic OH excluding ortho intramolecular Hbond substituents is 1. The predicted molar refractivity (Wildman–Crippen MR) is 171 cm³/mol. The number of carbonyl (C=O) groups excluding carboxylic acids is 4. The molecule has 4 aliphatic rings. The van der Waals surface area contributed by atoms with Crippen molar-refractivity contribution in [3.8, 4) is 23.0 Å². The number of ether oxygens (including phenoxy) is 1. The molecule has 4 atom stereocenters. The number of amides is 2. The van der Waals surface area contributed by atoms with Crippen LogP contribution in [-0.4, -0.2) is 40.6 Å². The third-order valence-corrected chi connectivity index (χ3v) is 10.1. The lowest BCUT2D eigenvalue weighted by atomic mass is 9.59. The largest absolute Gasteiger partial charge is 0.507 e. The number of aromatic nitrogens is 1. The Morgan fingerprint density at radius 1 is 0.978 bits per heavy atom. The Morgan fingerprint density at radius 2 is 1.76 bits per heavy atom. The number of phenols is 1. The molecule has 10 heteroatoms. The summed E-state index contributed by atoms with van der Waals surface area (Å²) in [5.74, 6) is -3.22. The maximum Gasteiger partial charge on any atom is 0.238 e. The van der Waals surface area contributed by atoms with Crippen molar-refractivity contribution in [1.82, 2.24) is 4.98 Å². The highest BCUT2D eigenvalue weighted by molar-refractivity contribution is 9.12. The van der Waals surface area contributed by atoms with Crippen LogP contribution in [0.2, 0.25) is 0 Å². The molecule has 9 nitrogen and oxygen atoms in total. The molecule has 2 amide bonds. The fourth-order valence-electron chi connectivity index (χ4n) is 7.46. The van der Waals surface area contributed by atoms with Crippen LogP contribution in [0.15, 0.2) is 105 Å². The molecule has 8 rings (SSSR count). The van der Waals surface area contributed by atoms with Crippen LogP contribution >= 0.6 is 15.9 Å². The first-order valence-corrected chi connectivity index (χ1v) is 15.6. The van der Waals surface area contributed by atoms with Crippen molar-refractivity contribution in [2.75, 3.05) is 12.0 Å². The van der Waals surface area contributed by atoms with E-state index < -0.39 is 23.7 Å². The van der Waals surface area contributed by atoms with E-state index in [2.05, 4.69) is 20.9 Å². The number of benzene rings is 3. The standard InChI is InChI=1S/C36H25BrN2O7/c1-45-19-10-11-21(27(40)14-19)30-20-12-13-22-31(23(20)15-24-32(30)28(41)16-25(37)33(24)42)36(44)39(35(22)43)18-8-6-17(7-9-18)34-38-26-4-2-3-5-29(26)46-34/h2-12,14,16,22-23,30-31,40H,13,15H2,1H3/t22-,23+,30+,31-/m0/s1. The topological polar surface area (TPSA) is 127 Å². The number of ketones is 2. The highest BCUT2D eigenvalue weighted by Gasteiger charge is 2.57. The number of methoxy groups -OCH3 is 1. The van der Waals surface area contributed by atoms with Crippen LogP contribution in [-0.2, 0) is 19.2 Å². The first kappa shape index (κ1) is 28.4. The van der Waals surface area contributed by atoms with Gasteiger partial charge in [-0.2, -0.15) is 0 Å². The first-order chi connectivity index (χ1) is 22.2. The van der Waals surface area contributed by atoms with Gasteiger partial charge in [0.1, 0.15) is 17.0 Å². The van der Waals surface area contributed by atoms with Gasteiger partial charge in [-0.05, 0) is 77.2 Å². The lowest BCUT2D eigenvalue weighted by Gasteiger charge is -2.42. The third-order valence-electron chi connectivity index (χ3n) is 9.55. The summed E-state index contributed by atoms with van der Waals surface area (Å²) in [7, 11) is 1.49. The molecule has 228 valence electrons. The molecule has 1 N–H and O–H groups in total. The lowest BCUT2D eigenvalue weighted by molar-refractivity contribution is -0.123. The number of para-hydroxylation sites is 2. The third kappa shape index (κ3) is 4.16. The number of allylic oxidation sites excluding steroid dienone is 6. The SMILES string of the molecule is COc1ccc([C@H]2C3=CC[C@@H]4C(=O)N(c5ccc(-c6nc7ccccc7o6)cc5)C(=O)[C@@H]4[C@@H]3CC3=C2C(=O)C=C(Br)C3=O)c(O)c1. The smallest absolute Gasteiger partial charge is 0.238 e. The second kappa shape index (κ2) is 10.5. The minimum Gasteiger partial charge on any atom is -0.507 e. The average Bonchev–Trinajstić information content (AvgIpc) is 3.61. The molecule has 3 aromatic carbocycles. The summed E-state index contributed by atoms with van der Waals surface area (Å²) in [4.78, 5) is 60.8. The Balaban J connectivity index is 1.17. The van der Waals surface area contributed by atoms with E-state index in [4.69, 9.17) is 9.15 Å². The number of fused-ring (bicyclic) bond motifs is 4. The summed E-state index contributed by atoms with van der Waals surface area (Å²) in [6.45, 7) is 0. The first-order valence-electron chi connectivity index (χ1n) is 14.8. The van der Waals surface area contributed by atoms with E-state index >= 15 is 0 Å². The summed E-state index contributed by atoms with van der Waals surface area (Å²) >= 11 is 3.24. The molecule has 0 spiro atoms. The van der Waals surface area contributed by atoms with Gasteiger partial charge in [-0.3, -0.25) is 24.1 Å². The van der Waals surface area contributed by atoms with Crippen molar-refractivity contribution in [2.24, 2.45) is 17.8 Å². The number of anilines is 1. The van der Waals surface area contributed by atoms with Gasteiger partial charge in [0.2, 0.25) is 17.7 Å². The highest BCUT2D eigenvalue weighted by Crippen LogP contribution is 2.56. The average molecular weight is 678 g/mol. The van der Waals surface area contributed by atoms with Crippen molar-refractivity contribution in [3.63, 3.8) is 0 Å². The maximum absolute atomic E-state index is 14.2. The van der Waals surface area contributed by atoms with Crippen LogP contribution in [0.4, 0.5) is 5.69 Å². The van der Waals surface area contributed by atoms with Gasteiger partial charge in [-0.25, -0.2) is 4.98 Å². The van der Waals surface area contributed by atoms with E-state index in [1.54, 1.807) is 36.4 Å². The normalized spacial score (nSPS) is 24.1. The molecule has 2 heterocycles. The molecule has 0 bridgehead atoms. The molecule has 46 heavy (non-hydrogen) atoms. The molecule has 1 aliphatic heterocycles. The number of imide groups is 1. The highest BCUT2D eigenvalue weighted by atomic mass is 79.9. The fraction of sp³-hybridized carbons (Fsp3) is 0.194. The van der Waals surface area contributed by atoms with E-state index in [-0.39, 0.29) is 52.0 Å². The maximum atomic E-state index is 14.2. The number of oxazole rings is 1. The molecule has 1 aromatic heterocycles. The summed E-state index contributed by atoms with van der Waals surface area (Å²) in [5, 5.41) is 11.1. The number of nitrogens with zero attached hydrogens (tertiary/aromatic N) is 2. The van der Waals surface area contributed by atoms with E-state index in [0.717, 1.165) is 11.1 Å². The second-order valence-corrected chi connectivity index (χ2v) is 12.7. The van der Waals surface area contributed by atoms with Crippen LogP contribution in [0, 0.1) is 17.8 Å². The van der Waals surface area contributed by atoms with Crippen LogP contribution in [0.25, 0.3) is 22.6 Å². The number of carbonyl (C=O) groups is 4. The molecule has 0 unspecified atom stereocenters. The molecule has 3 aliphatic carbocycles. The van der Waals surface area contributed by atoms with E-state index in [0.29, 0.717) is 39.6 Å². The summed E-state index contributed by atoms with van der Waals surface area (Å²) in [6.07, 6.45) is 3.60. The van der Waals surface area contributed by atoms with E-state index in [9.17, 15) is 24.3 Å². The zero-order chi connectivity index (χ0) is 31.9. The number of aromatic hydroxyl groups is 1. The Morgan fingerprint density at radius 3 is 2.50 bits per heavy atom. The lowest BCUT2D eigenvalue weighted by Crippen LogP contribution is -2.39. The summed E-state index contributed by atoms with van der Waals surface area (Å²) < 4.78 is 11.3. The monoisotopic (exact) mass is 676 g/mol. The fourth-order valence-corrected chi connectivity index (χ4v) is 7.91. The van der Waals surface area contributed by atoms with Gasteiger partial charge in [-0.1, -0.05) is 29.8 Å². The Bertz CT molecular complexity index is 2090. The number of Topliss-reactive ketones (excluding diaryl/α,β-unsaturated/α-hetero) is 1. The van der Waals surface area contributed by atoms with Gasteiger partial charge >= 0.3 is 0 Å². The van der Waals surface area contributed by atoms with Gasteiger partial charge in [0.25, 0.3) is 0 Å². The van der Waals surface area contributed by atoms with Gasteiger partial charge in [-0.15, -0.1) is 0 Å². The minimum absolute atomic E-state index is 0.0942. The van der Waals surface area contributed by atoms with Crippen LogP contribution in [0.5, 0.6) is 11.5 Å². The van der Waals surface area contributed by atoms with Gasteiger partial charge in [0.05, 0.1) is 29.1 Å². The van der Waals surface area contributed by atoms with Crippen LogP contribution < -0.4 is 9.64 Å². The minimum atomic E-state index is -0.763. The van der Waals surface area contributed by atoms with Crippen LogP contribution in [0.1, 0.15) is 24.3 Å². The molecular weight excluding hydrogens is 652 g/mol. The van der Waals surface area contributed by atoms with Crippen molar-refractivity contribution in [2.45, 2.75) is 18.8 Å².